The lowest BCUT2D eigenvalue weighted by molar-refractivity contribution is 0.0950. The predicted octanol–water partition coefficient (Wildman–Crippen LogP) is 4.37. The highest BCUT2D eigenvalue weighted by atomic mass is 32.2. The molecule has 1 fully saturated rings. The Hall–Kier alpha value is -2.86. The number of nitrogens with one attached hydrogen (secondary N) is 1. The number of carbonyl (C=O) groups is 1. The molecule has 0 unspecified atom stereocenters. The summed E-state index contributed by atoms with van der Waals surface area (Å²) in [6.45, 7) is 2.23. The van der Waals surface area contributed by atoms with Crippen molar-refractivity contribution in [3.05, 3.63) is 83.8 Å². The number of hydrogen-bond acceptors (Lipinski definition) is 4. The normalized spacial score (nSPS) is 13.9. The van der Waals surface area contributed by atoms with Crippen molar-refractivity contribution in [2.75, 3.05) is 29.5 Å². The number of carbonyl (C=O) groups excluding carboxylic acids is 1. The van der Waals surface area contributed by atoms with E-state index in [9.17, 15) is 9.18 Å². The van der Waals surface area contributed by atoms with Gasteiger partial charge < -0.3 is 10.2 Å². The number of thioether (sulfide) groups is 1. The molecule has 148 valence electrons. The van der Waals surface area contributed by atoms with Crippen LogP contribution in [0.15, 0.2) is 66.9 Å². The van der Waals surface area contributed by atoms with Crippen LogP contribution < -0.4 is 10.2 Å². The van der Waals surface area contributed by atoms with Crippen molar-refractivity contribution in [3.8, 4) is 11.1 Å². The van der Waals surface area contributed by atoms with Crippen molar-refractivity contribution in [2.24, 2.45) is 0 Å². The van der Waals surface area contributed by atoms with Gasteiger partial charge in [0.05, 0.1) is 0 Å². The second kappa shape index (κ2) is 9.09. The van der Waals surface area contributed by atoms with E-state index in [4.69, 9.17) is 0 Å². The lowest BCUT2D eigenvalue weighted by Gasteiger charge is -2.27. The van der Waals surface area contributed by atoms with Gasteiger partial charge in [0.15, 0.2) is 0 Å². The van der Waals surface area contributed by atoms with E-state index < -0.39 is 0 Å². The molecule has 2 aromatic carbocycles. The Morgan fingerprint density at radius 3 is 2.41 bits per heavy atom. The highest BCUT2D eigenvalue weighted by Crippen LogP contribution is 2.23. The molecule has 6 heteroatoms. The fraction of sp³-hybridized carbons (Fsp3) is 0.217. The zero-order valence-electron chi connectivity index (χ0n) is 16.0. The molecule has 1 amide bonds. The molecule has 0 bridgehead atoms. The third-order valence-electron chi connectivity index (χ3n) is 4.96. The van der Waals surface area contributed by atoms with E-state index in [0.29, 0.717) is 11.1 Å². The minimum absolute atomic E-state index is 0.160. The van der Waals surface area contributed by atoms with E-state index in [2.05, 4.69) is 27.3 Å². The summed E-state index contributed by atoms with van der Waals surface area (Å²) in [7, 11) is 0. The molecule has 0 aliphatic carbocycles. The number of benzene rings is 2. The highest BCUT2D eigenvalue weighted by molar-refractivity contribution is 7.99. The number of halogens is 1. The summed E-state index contributed by atoms with van der Waals surface area (Å²) in [5, 5.41) is 2.76. The first-order valence-corrected chi connectivity index (χ1v) is 10.8. The van der Waals surface area contributed by atoms with Crippen LogP contribution in [0, 0.1) is 5.82 Å². The van der Waals surface area contributed by atoms with Crippen LogP contribution in [0.3, 0.4) is 0 Å². The van der Waals surface area contributed by atoms with Crippen LogP contribution in [0.2, 0.25) is 0 Å². The Bertz CT molecular complexity index is 970. The van der Waals surface area contributed by atoms with Gasteiger partial charge in [0, 0.05) is 54.0 Å². The Kier molecular flexibility index (Phi) is 6.10. The number of aromatic nitrogens is 1. The van der Waals surface area contributed by atoms with E-state index in [1.54, 1.807) is 30.3 Å². The quantitative estimate of drug-likeness (QED) is 0.682. The van der Waals surface area contributed by atoms with Gasteiger partial charge in [-0.25, -0.2) is 9.37 Å². The van der Waals surface area contributed by atoms with Gasteiger partial charge in [-0.15, -0.1) is 0 Å². The van der Waals surface area contributed by atoms with Crippen molar-refractivity contribution in [3.63, 3.8) is 0 Å². The summed E-state index contributed by atoms with van der Waals surface area (Å²) < 4.78 is 13.7. The van der Waals surface area contributed by atoms with Crippen LogP contribution in [0.4, 0.5) is 10.2 Å². The summed E-state index contributed by atoms with van der Waals surface area (Å²) in [4.78, 5) is 19.3. The first kappa shape index (κ1) is 19.5. The minimum Gasteiger partial charge on any atom is -0.355 e. The number of nitrogens with zero attached hydrogens (tertiary/aromatic N) is 2. The summed E-state index contributed by atoms with van der Waals surface area (Å²) in [6.07, 6.45) is 1.88. The third kappa shape index (κ3) is 4.77. The molecule has 4 nitrogen and oxygen atoms in total. The summed E-state index contributed by atoms with van der Waals surface area (Å²) in [5.74, 6) is 2.75. The molecule has 0 spiro atoms. The topological polar surface area (TPSA) is 45.2 Å². The predicted molar refractivity (Wildman–Crippen MR) is 117 cm³/mol. The average molecular weight is 408 g/mol. The fourth-order valence-electron chi connectivity index (χ4n) is 3.27. The van der Waals surface area contributed by atoms with E-state index in [-0.39, 0.29) is 18.3 Å². The van der Waals surface area contributed by atoms with Crippen LogP contribution in [-0.2, 0) is 6.54 Å². The number of anilines is 1. The van der Waals surface area contributed by atoms with Crippen molar-refractivity contribution in [1.82, 2.24) is 10.3 Å². The Morgan fingerprint density at radius 2 is 1.72 bits per heavy atom. The van der Waals surface area contributed by atoms with Gasteiger partial charge in [-0.05, 0) is 35.9 Å². The molecule has 1 N–H and O–H groups in total. The van der Waals surface area contributed by atoms with Crippen LogP contribution in [0.1, 0.15) is 15.9 Å². The molecule has 3 aromatic rings. The molecule has 4 rings (SSSR count). The zero-order chi connectivity index (χ0) is 20.1. The molecule has 2 heterocycles. The molecule has 1 aromatic heterocycles. The molecular weight excluding hydrogens is 385 g/mol. The van der Waals surface area contributed by atoms with E-state index in [1.807, 2.05) is 30.1 Å². The maximum Gasteiger partial charge on any atom is 0.251 e. The molecule has 0 saturated carbocycles. The van der Waals surface area contributed by atoms with Gasteiger partial charge in [0.25, 0.3) is 5.91 Å². The Morgan fingerprint density at radius 1 is 1.00 bits per heavy atom. The molecule has 0 radical (unpaired) electrons. The maximum absolute atomic E-state index is 13.7. The fourth-order valence-corrected chi connectivity index (χ4v) is 4.17. The van der Waals surface area contributed by atoms with Crippen molar-refractivity contribution < 1.29 is 9.18 Å². The van der Waals surface area contributed by atoms with Crippen LogP contribution in [-0.4, -0.2) is 35.5 Å². The highest BCUT2D eigenvalue weighted by Gasteiger charge is 2.12. The number of hydrogen-bond donors (Lipinski definition) is 1. The van der Waals surface area contributed by atoms with Gasteiger partial charge >= 0.3 is 0 Å². The first-order chi connectivity index (χ1) is 14.2. The SMILES string of the molecule is O=C(NCc1ccccc1F)c1ccc(-c2ccc(N3CCSCC3)nc2)cc1. The van der Waals surface area contributed by atoms with E-state index in [0.717, 1.165) is 41.5 Å². The van der Waals surface area contributed by atoms with Crippen molar-refractivity contribution in [1.29, 1.82) is 0 Å². The minimum atomic E-state index is -0.317. The molecule has 1 aliphatic heterocycles. The summed E-state index contributed by atoms with van der Waals surface area (Å²) in [5.41, 5.74) is 3.03. The maximum atomic E-state index is 13.7. The van der Waals surface area contributed by atoms with Crippen LogP contribution in [0.25, 0.3) is 11.1 Å². The number of amides is 1. The molecule has 29 heavy (non-hydrogen) atoms. The van der Waals surface area contributed by atoms with E-state index in [1.165, 1.54) is 6.07 Å². The smallest absolute Gasteiger partial charge is 0.251 e. The van der Waals surface area contributed by atoms with Crippen molar-refractivity contribution in [2.45, 2.75) is 6.54 Å². The summed E-state index contributed by atoms with van der Waals surface area (Å²) >= 11 is 1.98. The molecular formula is C23H22FN3OS. The molecule has 1 saturated heterocycles. The van der Waals surface area contributed by atoms with Gasteiger partial charge in [0.1, 0.15) is 11.6 Å². The summed E-state index contributed by atoms with van der Waals surface area (Å²) in [6, 6.07) is 17.9. The van der Waals surface area contributed by atoms with Crippen LogP contribution in [0.5, 0.6) is 0 Å². The molecule has 1 aliphatic rings. The number of rotatable bonds is 5. The Labute approximate surface area is 174 Å². The zero-order valence-corrected chi connectivity index (χ0v) is 16.8. The monoisotopic (exact) mass is 407 g/mol. The first-order valence-electron chi connectivity index (χ1n) is 9.61. The Balaban J connectivity index is 1.39. The molecule has 0 atom stereocenters. The van der Waals surface area contributed by atoms with Gasteiger partial charge in [-0.2, -0.15) is 11.8 Å². The standard InChI is InChI=1S/C23H22FN3OS/c24-21-4-2-1-3-20(21)16-26-23(28)18-7-5-17(6-8-18)19-9-10-22(25-15-19)27-11-13-29-14-12-27/h1-10,15H,11-14,16H2,(H,26,28). The van der Waals surface area contributed by atoms with Crippen molar-refractivity contribution >= 4 is 23.5 Å². The average Bonchev–Trinajstić information content (AvgIpc) is 2.79. The van der Waals surface area contributed by atoms with E-state index >= 15 is 0 Å². The third-order valence-corrected chi connectivity index (χ3v) is 5.90. The second-order valence-corrected chi connectivity index (χ2v) is 8.08. The van der Waals surface area contributed by atoms with Gasteiger partial charge in [-0.1, -0.05) is 30.3 Å². The second-order valence-electron chi connectivity index (χ2n) is 6.86. The van der Waals surface area contributed by atoms with Crippen LogP contribution >= 0.6 is 11.8 Å². The number of pyridine rings is 1. The lowest BCUT2D eigenvalue weighted by Crippen LogP contribution is -2.32. The largest absolute Gasteiger partial charge is 0.355 e. The van der Waals surface area contributed by atoms with Gasteiger partial charge in [-0.3, -0.25) is 4.79 Å². The van der Waals surface area contributed by atoms with Gasteiger partial charge in [0.2, 0.25) is 0 Å². The lowest BCUT2D eigenvalue weighted by atomic mass is 10.1.